The fourth-order valence-electron chi connectivity index (χ4n) is 9.32. The Kier molecular flexibility index (Phi) is 3.16. The van der Waals surface area contributed by atoms with E-state index in [4.69, 9.17) is 9.47 Å². The van der Waals surface area contributed by atoms with Crippen molar-refractivity contribution in [1.82, 2.24) is 4.90 Å². The van der Waals surface area contributed by atoms with Crippen molar-refractivity contribution < 1.29 is 19.7 Å². The number of likely N-dealkylation sites (tertiary alicyclic amines) is 1. The molecular formula is C25H33NO4. The molecule has 2 N–H and O–H groups in total. The molecule has 2 aliphatic heterocycles. The minimum Gasteiger partial charge on any atom is -0.504 e. The van der Waals surface area contributed by atoms with Gasteiger partial charge in [0.15, 0.2) is 11.5 Å². The molecule has 0 radical (unpaired) electrons. The molecule has 1 saturated heterocycles. The number of piperidine rings is 1. The summed E-state index contributed by atoms with van der Waals surface area (Å²) in [5.41, 5.74) is 1.34. The van der Waals surface area contributed by atoms with Crippen LogP contribution in [-0.2, 0) is 16.6 Å². The number of rotatable bonds is 3. The van der Waals surface area contributed by atoms with Crippen molar-refractivity contribution in [1.29, 1.82) is 0 Å². The van der Waals surface area contributed by atoms with Gasteiger partial charge in [0.1, 0.15) is 11.7 Å². The molecule has 8 rings (SSSR count). The summed E-state index contributed by atoms with van der Waals surface area (Å²) in [7, 11) is 4.11. The van der Waals surface area contributed by atoms with E-state index < -0.39 is 11.2 Å². The zero-order valence-corrected chi connectivity index (χ0v) is 18.3. The van der Waals surface area contributed by atoms with Gasteiger partial charge < -0.3 is 24.6 Å². The topological polar surface area (TPSA) is 62.2 Å². The van der Waals surface area contributed by atoms with Crippen molar-refractivity contribution in [2.75, 3.05) is 20.7 Å². The molecule has 5 heteroatoms. The van der Waals surface area contributed by atoms with Gasteiger partial charge in [-0.25, -0.2) is 0 Å². The summed E-state index contributed by atoms with van der Waals surface area (Å²) in [6.45, 7) is 3.11. The van der Waals surface area contributed by atoms with Crippen molar-refractivity contribution in [3.63, 3.8) is 0 Å². The fourth-order valence-corrected chi connectivity index (χ4v) is 9.32. The number of ether oxygens (including phenoxy) is 2. The molecule has 4 saturated carbocycles. The van der Waals surface area contributed by atoms with Gasteiger partial charge in [0.05, 0.1) is 5.60 Å². The Balaban J connectivity index is 1.52. The average molecular weight is 412 g/mol. The number of aromatic hydroxyl groups is 1. The van der Waals surface area contributed by atoms with Gasteiger partial charge in [-0.2, -0.15) is 0 Å². The molecule has 5 nitrogen and oxygen atoms in total. The Labute approximate surface area is 178 Å². The zero-order valence-electron chi connectivity index (χ0n) is 18.3. The third kappa shape index (κ3) is 1.67. The van der Waals surface area contributed by atoms with Crippen molar-refractivity contribution in [2.45, 2.75) is 80.6 Å². The maximum Gasteiger partial charge on any atom is 0.165 e. The molecule has 0 aromatic heterocycles. The molecule has 5 fully saturated rings. The maximum absolute atomic E-state index is 11.8. The van der Waals surface area contributed by atoms with Crippen LogP contribution in [-0.4, -0.2) is 59.2 Å². The molecule has 1 unspecified atom stereocenters. The van der Waals surface area contributed by atoms with Crippen molar-refractivity contribution >= 4 is 0 Å². The summed E-state index contributed by atoms with van der Waals surface area (Å²) < 4.78 is 13.3. The molecule has 5 aliphatic carbocycles. The first-order chi connectivity index (χ1) is 14.3. The summed E-state index contributed by atoms with van der Waals surface area (Å²) in [6.07, 6.45) is 7.18. The van der Waals surface area contributed by atoms with Crippen LogP contribution in [0.4, 0.5) is 0 Å². The number of aliphatic hydroxyl groups is 1. The highest BCUT2D eigenvalue weighted by Gasteiger charge is 2.82. The Morgan fingerprint density at radius 2 is 2.03 bits per heavy atom. The van der Waals surface area contributed by atoms with Gasteiger partial charge >= 0.3 is 0 Å². The number of hydrogen-bond acceptors (Lipinski definition) is 5. The second kappa shape index (κ2) is 5.19. The number of hydrogen-bond donors (Lipinski definition) is 2. The van der Waals surface area contributed by atoms with Crippen LogP contribution in [0, 0.1) is 17.3 Å². The fraction of sp³-hybridized carbons (Fsp3) is 0.760. The van der Waals surface area contributed by atoms with Crippen LogP contribution in [0.1, 0.15) is 56.6 Å². The van der Waals surface area contributed by atoms with Crippen molar-refractivity contribution in [3.05, 3.63) is 23.3 Å². The van der Waals surface area contributed by atoms with E-state index in [-0.39, 0.29) is 28.6 Å². The first kappa shape index (κ1) is 18.3. The van der Waals surface area contributed by atoms with Crippen LogP contribution in [0.15, 0.2) is 12.1 Å². The minimum atomic E-state index is -0.738. The predicted octanol–water partition coefficient (Wildman–Crippen LogP) is 3.00. The maximum atomic E-state index is 11.8. The van der Waals surface area contributed by atoms with Gasteiger partial charge in [-0.3, -0.25) is 0 Å². The highest BCUT2D eigenvalue weighted by Crippen LogP contribution is 2.77. The van der Waals surface area contributed by atoms with Gasteiger partial charge in [0.2, 0.25) is 0 Å². The lowest BCUT2D eigenvalue weighted by atomic mass is 9.33. The SMILES string of the molecule is CO[C@]12CC[C@@]3(CC1[C@](C)(O)C1CC1)[C@H]1Cc4ccc(O)c5c4[C@@]3(CCN1C)[C@H]2O5. The number of nitrogens with zero attached hydrogens (tertiary/aromatic N) is 1. The number of fused-ring (bicyclic) bond motifs is 2. The second-order valence-electron chi connectivity index (χ2n) is 11.4. The molecule has 4 bridgehead atoms. The molecular weight excluding hydrogens is 378 g/mol. The van der Waals surface area contributed by atoms with Gasteiger partial charge in [-0.15, -0.1) is 0 Å². The molecule has 7 aliphatic rings. The molecule has 7 atom stereocenters. The van der Waals surface area contributed by atoms with Gasteiger partial charge in [0.25, 0.3) is 0 Å². The Hall–Kier alpha value is -1.30. The van der Waals surface area contributed by atoms with Crippen LogP contribution in [0.5, 0.6) is 11.5 Å². The quantitative estimate of drug-likeness (QED) is 0.801. The van der Waals surface area contributed by atoms with Crippen LogP contribution in [0.25, 0.3) is 0 Å². The number of phenolic OH excluding ortho intramolecular Hbond substituents is 1. The zero-order chi connectivity index (χ0) is 20.7. The van der Waals surface area contributed by atoms with E-state index >= 15 is 0 Å². The van der Waals surface area contributed by atoms with E-state index in [0.717, 1.165) is 51.5 Å². The lowest BCUT2D eigenvalue weighted by molar-refractivity contribution is -0.303. The van der Waals surface area contributed by atoms with Gasteiger partial charge in [-0.1, -0.05) is 6.07 Å². The molecule has 1 aromatic rings. The molecule has 30 heavy (non-hydrogen) atoms. The lowest BCUT2D eigenvalue weighted by Crippen LogP contribution is -2.82. The second-order valence-corrected chi connectivity index (χ2v) is 11.4. The Morgan fingerprint density at radius 3 is 2.77 bits per heavy atom. The molecule has 0 amide bonds. The van der Waals surface area contributed by atoms with E-state index in [1.54, 1.807) is 0 Å². The third-order valence-corrected chi connectivity index (χ3v) is 10.7. The van der Waals surface area contributed by atoms with E-state index in [1.165, 1.54) is 11.1 Å². The van der Waals surface area contributed by atoms with E-state index in [2.05, 4.69) is 24.9 Å². The Morgan fingerprint density at radius 1 is 1.23 bits per heavy atom. The van der Waals surface area contributed by atoms with E-state index in [9.17, 15) is 10.2 Å². The first-order valence-electron chi connectivity index (χ1n) is 11.8. The predicted molar refractivity (Wildman–Crippen MR) is 112 cm³/mol. The third-order valence-electron chi connectivity index (χ3n) is 10.7. The minimum absolute atomic E-state index is 0.0568. The molecule has 2 spiro atoms. The number of likely N-dealkylation sites (N-methyl/N-ethyl adjacent to an activating group) is 1. The normalized spacial score (nSPS) is 47.5. The van der Waals surface area contributed by atoms with Gasteiger partial charge in [-0.05, 0) is 83.0 Å². The highest BCUT2D eigenvalue weighted by molar-refractivity contribution is 5.63. The number of phenols is 1. The van der Waals surface area contributed by atoms with Crippen LogP contribution in [0.3, 0.4) is 0 Å². The van der Waals surface area contributed by atoms with Crippen molar-refractivity contribution in [3.8, 4) is 11.5 Å². The summed E-state index contributed by atoms with van der Waals surface area (Å²) in [5, 5.41) is 22.6. The first-order valence-corrected chi connectivity index (χ1v) is 11.8. The van der Waals surface area contributed by atoms with Gasteiger partial charge in [0, 0.05) is 35.5 Å². The largest absolute Gasteiger partial charge is 0.504 e. The Bertz CT molecular complexity index is 957. The monoisotopic (exact) mass is 411 g/mol. The summed E-state index contributed by atoms with van der Waals surface area (Å²) in [5.74, 6) is 1.40. The smallest absolute Gasteiger partial charge is 0.165 e. The molecule has 162 valence electrons. The van der Waals surface area contributed by atoms with Crippen molar-refractivity contribution in [2.24, 2.45) is 17.3 Å². The summed E-state index contributed by atoms with van der Waals surface area (Å²) >= 11 is 0. The lowest BCUT2D eigenvalue weighted by Gasteiger charge is -2.74. The van der Waals surface area contributed by atoms with Crippen LogP contribution < -0.4 is 4.74 Å². The van der Waals surface area contributed by atoms with E-state index in [1.807, 2.05) is 13.2 Å². The number of benzene rings is 1. The average Bonchev–Trinajstić information content (AvgIpc) is 3.53. The summed E-state index contributed by atoms with van der Waals surface area (Å²) in [6, 6.07) is 4.39. The standard InChI is InChI=1S/C25H33NO4/c1-22(28,15-5-6-15)17-13-23-8-9-25(17,29-3)21-24(23)10-11-26(2)18(23)12-14-4-7-16(27)20(30-21)19(14)24/h4,7,15,17-18,21,27-28H,5-6,8-13H2,1-3H3/t17?,18-,21-,22-,23-,24+,25-/m1/s1. The molecule has 2 heterocycles. The number of methoxy groups -OCH3 is 1. The van der Waals surface area contributed by atoms with E-state index in [0.29, 0.717) is 17.7 Å². The van der Waals surface area contributed by atoms with Crippen LogP contribution >= 0.6 is 0 Å². The van der Waals surface area contributed by atoms with Crippen LogP contribution in [0.2, 0.25) is 0 Å². The summed E-state index contributed by atoms with van der Waals surface area (Å²) in [4.78, 5) is 2.57. The molecule has 1 aromatic carbocycles. The highest BCUT2D eigenvalue weighted by atomic mass is 16.6.